The van der Waals surface area contributed by atoms with E-state index in [4.69, 9.17) is 14.3 Å². The molecular formula is C5H9NO2PRfS. The van der Waals surface area contributed by atoms with Crippen molar-refractivity contribution in [1.82, 2.24) is 0 Å². The molecule has 0 aliphatic carbocycles. The maximum absolute atomic E-state index is 8.20. The molecular weight excluding hydrogens is 436 g/mol. The van der Waals surface area contributed by atoms with E-state index in [-0.39, 0.29) is 0 Å². The summed E-state index contributed by atoms with van der Waals surface area (Å²) in [6.45, 7) is 2.41. The van der Waals surface area contributed by atoms with Crippen molar-refractivity contribution in [3.63, 3.8) is 0 Å². The Labute approximate surface area is 67.6 Å². The molecule has 0 heterocycles. The third-order valence-corrected chi connectivity index (χ3v) is 4.57. The molecule has 0 aromatic heterocycles. The Balaban J connectivity index is 3.10. The summed E-state index contributed by atoms with van der Waals surface area (Å²) in [5.74, 6) is 0.754. The molecule has 0 rings (SSSR count). The summed E-state index contributed by atoms with van der Waals surface area (Å²) in [6, 6.07) is 2.01. The summed E-state index contributed by atoms with van der Waals surface area (Å²) in [5, 5.41) is 8.20. The molecule has 59 valence electrons. The van der Waals surface area contributed by atoms with Gasteiger partial charge >= 0.3 is 67.0 Å². The van der Waals surface area contributed by atoms with E-state index in [0.29, 0.717) is 13.0 Å². The molecule has 0 aromatic rings. The van der Waals surface area contributed by atoms with Gasteiger partial charge in [-0.15, -0.1) is 0 Å². The first-order valence-electron chi connectivity index (χ1n) is 3.04. The van der Waals surface area contributed by atoms with Gasteiger partial charge in [-0.3, -0.25) is 0 Å². The van der Waals surface area contributed by atoms with E-state index in [2.05, 4.69) is 0 Å². The maximum atomic E-state index is 8.20. The molecule has 1 unspecified atom stereocenters. The number of nitriles is 1. The van der Waals surface area contributed by atoms with E-state index < -0.39 is 8.38 Å². The van der Waals surface area contributed by atoms with E-state index in [9.17, 15) is 0 Å². The Kier molecular flexibility index (Phi) is 6.76. The zero-order chi connectivity index (χ0) is 8.53. The van der Waals surface area contributed by atoms with Crippen molar-refractivity contribution in [2.24, 2.45) is 0 Å². The van der Waals surface area contributed by atoms with Crippen LogP contribution in [-0.2, 0) is 9.05 Å². The molecule has 11 heavy (non-hydrogen) atoms. The average Bonchev–Trinajstić information content (AvgIpc) is 2.01. The van der Waals surface area contributed by atoms with Gasteiger partial charge in [0.25, 0.3) is 0 Å². The van der Waals surface area contributed by atoms with Crippen molar-refractivity contribution in [1.29, 1.82) is 5.26 Å². The van der Waals surface area contributed by atoms with Crippen LogP contribution in [0.4, 0.5) is 0 Å². The number of nitrogens with zero attached hydrogens (tertiary/aromatic N) is 1. The van der Waals surface area contributed by atoms with Crippen molar-refractivity contribution in [3.05, 3.63) is 0 Å². The first-order chi connectivity index (χ1) is 5.31. The molecule has 0 amide bonds. The molecule has 0 spiro atoms. The van der Waals surface area contributed by atoms with Crippen molar-refractivity contribution in [3.8, 4) is 6.07 Å². The molecule has 0 aliphatic rings. The van der Waals surface area contributed by atoms with Crippen LogP contribution in [0.2, 0.25) is 0 Å². The first-order valence-corrected chi connectivity index (χ1v) is 13.7. The second-order valence-corrected chi connectivity index (χ2v) is 9.21. The Bertz CT molecular complexity index is 132. The monoisotopic (exact) mass is 445 g/mol. The summed E-state index contributed by atoms with van der Waals surface area (Å²) < 4.78 is 11.2. The Morgan fingerprint density at radius 3 is 2.91 bits per heavy atom. The van der Waals surface area contributed by atoms with Crippen LogP contribution in [0, 0.1) is 11.3 Å². The van der Waals surface area contributed by atoms with Crippen molar-refractivity contribution >= 4 is 21.0 Å². The Hall–Kier alpha value is -0.810. The van der Waals surface area contributed by atoms with Gasteiger partial charge in [0.1, 0.15) is 0 Å². The van der Waals surface area contributed by atoms with E-state index in [0.717, 1.165) is 5.94 Å². The van der Waals surface area contributed by atoms with Crippen molar-refractivity contribution in [2.45, 2.75) is 6.42 Å². The Morgan fingerprint density at radius 2 is 2.36 bits per heavy atom. The molecule has 0 radical (unpaired) electrons. The third kappa shape index (κ3) is 7.08. The van der Waals surface area contributed by atoms with Crippen molar-refractivity contribution < 1.29 is 9.05 Å². The zero-order valence-electron chi connectivity index (χ0n) is 6.45. The molecule has 6 heteroatoms. The fourth-order valence-electron chi connectivity index (χ4n) is 0.369. The van der Waals surface area contributed by atoms with Crippen LogP contribution in [-0.4, -0.2) is 19.2 Å². The Morgan fingerprint density at radius 1 is 1.64 bits per heavy atom. The van der Waals surface area contributed by atoms with Gasteiger partial charge < -0.3 is 0 Å². The fourth-order valence-corrected chi connectivity index (χ4v) is 4.72. The number of hydrogen-bond donors (Lipinski definition) is 0. The summed E-state index contributed by atoms with van der Waals surface area (Å²) in [5.41, 5.74) is 0. The second kappa shape index (κ2) is 7.30. The van der Waals surface area contributed by atoms with Crippen LogP contribution in [0.5, 0.6) is 0 Å². The van der Waals surface area contributed by atoms with Crippen LogP contribution in [0.1, 0.15) is 6.42 Å². The SMILES string of the molecule is CP(OCCC#N)OC[S][Rf]. The molecule has 0 fully saturated rings. The van der Waals surface area contributed by atoms with E-state index in [1.165, 1.54) is 0 Å². The van der Waals surface area contributed by atoms with Gasteiger partial charge in [-0.2, -0.15) is 0 Å². The van der Waals surface area contributed by atoms with Gasteiger partial charge in [-0.1, -0.05) is 0 Å². The zero-order valence-corrected chi connectivity index (χ0v) is 14.6. The second-order valence-electron chi connectivity index (χ2n) is 1.63. The van der Waals surface area contributed by atoms with Crippen molar-refractivity contribution in [2.75, 3.05) is 19.2 Å². The van der Waals surface area contributed by atoms with E-state index >= 15 is 0 Å². The van der Waals surface area contributed by atoms with E-state index in [1.807, 2.05) is 25.4 Å². The van der Waals surface area contributed by atoms with E-state index in [1.54, 1.807) is 0 Å². The molecule has 0 saturated carbocycles. The normalized spacial score (nSPS) is 12.5. The van der Waals surface area contributed by atoms with Gasteiger partial charge in [0.2, 0.25) is 0 Å². The fraction of sp³-hybridized carbons (Fsp3) is 0.800. The van der Waals surface area contributed by atoms with Crippen LogP contribution >= 0.6 is 21.0 Å². The number of hydrogen-bond acceptors (Lipinski definition) is 4. The van der Waals surface area contributed by atoms with Gasteiger partial charge in [-0.25, -0.2) is 0 Å². The molecule has 0 N–H and O–H groups in total. The molecule has 3 nitrogen and oxygen atoms in total. The first kappa shape index (κ1) is 10.2. The van der Waals surface area contributed by atoms with Crippen LogP contribution in [0.3, 0.4) is 0 Å². The van der Waals surface area contributed by atoms with Gasteiger partial charge in [-0.05, 0) is 0 Å². The average molecular weight is 445 g/mol. The minimum absolute atomic E-state index is 0.453. The van der Waals surface area contributed by atoms with Gasteiger partial charge in [0.05, 0.1) is 0 Å². The summed E-state index contributed by atoms with van der Waals surface area (Å²) in [7, 11) is -0.737. The van der Waals surface area contributed by atoms with Gasteiger partial charge in [0.15, 0.2) is 0 Å². The predicted octanol–water partition coefficient (Wildman–Crippen LogP) is 2.03. The summed E-state index contributed by atoms with van der Waals surface area (Å²) in [4.78, 5) is 0. The molecule has 0 saturated heterocycles. The number of rotatable bonds is 6. The minimum atomic E-state index is -0.737. The summed E-state index contributed by atoms with van der Waals surface area (Å²) >= 11 is 1.83. The molecule has 0 aliphatic heterocycles. The predicted molar refractivity (Wildman–Crippen MR) is 42.6 cm³/mol. The molecule has 0 bridgehead atoms. The van der Waals surface area contributed by atoms with Crippen LogP contribution < -0.4 is 0 Å². The quantitative estimate of drug-likeness (QED) is 0.357. The van der Waals surface area contributed by atoms with Gasteiger partial charge in [0, 0.05) is 0 Å². The topological polar surface area (TPSA) is 42.2 Å². The van der Waals surface area contributed by atoms with Crippen LogP contribution in [0.25, 0.3) is 0 Å². The standard InChI is InChI=1S/C5H10NO2PS.Rf/c1-9(8-5-10)7-4-2-3-6;/h10H,2,4-5H2,1H3;/q;+1/p-1. The molecule has 1 atom stereocenters. The molecule has 0 aromatic carbocycles. The third-order valence-electron chi connectivity index (χ3n) is 0.805. The summed E-state index contributed by atoms with van der Waals surface area (Å²) in [6.07, 6.45) is 0.453. The van der Waals surface area contributed by atoms with Crippen LogP contribution in [0.15, 0.2) is 0 Å².